The molecule has 112 valence electrons. The lowest BCUT2D eigenvalue weighted by atomic mass is 10.2. The second kappa shape index (κ2) is 7.69. The number of pyridine rings is 2. The highest BCUT2D eigenvalue weighted by molar-refractivity contribution is 5.46. The molecule has 2 aromatic heterocycles. The van der Waals surface area contributed by atoms with Crippen LogP contribution >= 0.6 is 0 Å². The van der Waals surface area contributed by atoms with E-state index in [1.807, 2.05) is 37.1 Å². The van der Waals surface area contributed by atoms with Crippen LogP contribution in [0.15, 0.2) is 36.7 Å². The van der Waals surface area contributed by atoms with Crippen molar-refractivity contribution in [3.63, 3.8) is 0 Å². The molecule has 1 N–H and O–H groups in total. The molecule has 5 heteroatoms. The second-order valence-corrected chi connectivity index (χ2v) is 4.91. The molecule has 0 radical (unpaired) electrons. The minimum Gasteiger partial charge on any atom is -0.359 e. The summed E-state index contributed by atoms with van der Waals surface area (Å²) in [6.45, 7) is 4.27. The van der Waals surface area contributed by atoms with E-state index >= 15 is 0 Å². The van der Waals surface area contributed by atoms with Crippen molar-refractivity contribution in [1.82, 2.24) is 15.3 Å². The van der Waals surface area contributed by atoms with E-state index in [0.717, 1.165) is 36.6 Å². The first-order chi connectivity index (χ1) is 10.2. The Morgan fingerprint density at radius 1 is 1.29 bits per heavy atom. The third-order valence-electron chi connectivity index (χ3n) is 3.27. The van der Waals surface area contributed by atoms with Gasteiger partial charge in [0.25, 0.3) is 0 Å². The van der Waals surface area contributed by atoms with Gasteiger partial charge in [-0.25, -0.2) is 9.37 Å². The van der Waals surface area contributed by atoms with Gasteiger partial charge in [0.2, 0.25) is 0 Å². The zero-order valence-corrected chi connectivity index (χ0v) is 12.5. The Morgan fingerprint density at radius 3 is 2.86 bits per heavy atom. The molecule has 0 bridgehead atoms. The highest BCUT2D eigenvalue weighted by atomic mass is 19.1. The van der Waals surface area contributed by atoms with Gasteiger partial charge in [-0.3, -0.25) is 4.98 Å². The van der Waals surface area contributed by atoms with Gasteiger partial charge in [0, 0.05) is 44.0 Å². The summed E-state index contributed by atoms with van der Waals surface area (Å²) in [6, 6.07) is 7.44. The smallest absolute Gasteiger partial charge is 0.141 e. The van der Waals surface area contributed by atoms with Crippen molar-refractivity contribution in [2.75, 3.05) is 25.0 Å². The Balaban J connectivity index is 2.05. The fraction of sp³-hybridized carbons (Fsp3) is 0.375. The zero-order valence-electron chi connectivity index (χ0n) is 12.5. The maximum absolute atomic E-state index is 13.4. The third kappa shape index (κ3) is 4.49. The number of rotatable bonds is 7. The summed E-state index contributed by atoms with van der Waals surface area (Å²) in [5.74, 6) is 0.512. The van der Waals surface area contributed by atoms with E-state index in [9.17, 15) is 4.39 Å². The molecule has 0 saturated carbocycles. The van der Waals surface area contributed by atoms with Gasteiger partial charge < -0.3 is 10.2 Å². The van der Waals surface area contributed by atoms with Gasteiger partial charge in [-0.1, -0.05) is 13.0 Å². The Bertz CT molecular complexity index is 559. The minimum atomic E-state index is -0.301. The van der Waals surface area contributed by atoms with Crippen LogP contribution in [0, 0.1) is 5.82 Å². The van der Waals surface area contributed by atoms with E-state index in [1.54, 1.807) is 12.3 Å². The molecule has 21 heavy (non-hydrogen) atoms. The van der Waals surface area contributed by atoms with Crippen molar-refractivity contribution >= 4 is 5.82 Å². The van der Waals surface area contributed by atoms with Gasteiger partial charge >= 0.3 is 0 Å². The number of hydrogen-bond acceptors (Lipinski definition) is 4. The summed E-state index contributed by atoms with van der Waals surface area (Å²) in [6.07, 6.45) is 3.89. The normalized spacial score (nSPS) is 10.6. The molecule has 0 saturated heterocycles. The fourth-order valence-corrected chi connectivity index (χ4v) is 2.14. The molecule has 0 fully saturated rings. The number of likely N-dealkylation sites (N-methyl/N-ethyl adjacent to an activating group) is 1. The van der Waals surface area contributed by atoms with Gasteiger partial charge in [0.05, 0.1) is 6.20 Å². The quantitative estimate of drug-likeness (QED) is 0.849. The van der Waals surface area contributed by atoms with Gasteiger partial charge in [0.1, 0.15) is 11.6 Å². The van der Waals surface area contributed by atoms with Crippen LogP contribution in [-0.2, 0) is 13.0 Å². The van der Waals surface area contributed by atoms with Crippen molar-refractivity contribution in [2.24, 2.45) is 0 Å². The third-order valence-corrected chi connectivity index (χ3v) is 3.27. The largest absolute Gasteiger partial charge is 0.359 e. The SMILES string of the molecule is CCNCc1cc(F)cnc1N(C)CCc1ccccn1. The maximum Gasteiger partial charge on any atom is 0.141 e. The standard InChI is InChI=1S/C16H21FN4/c1-3-18-11-13-10-14(17)12-20-16(13)21(2)9-7-15-6-4-5-8-19-15/h4-6,8,10,12,18H,3,7,9,11H2,1-2H3. The molecule has 0 amide bonds. The lowest BCUT2D eigenvalue weighted by Crippen LogP contribution is -2.25. The Morgan fingerprint density at radius 2 is 2.14 bits per heavy atom. The molecule has 0 atom stereocenters. The molecule has 0 aliphatic rings. The van der Waals surface area contributed by atoms with Crippen LogP contribution in [0.2, 0.25) is 0 Å². The Kier molecular flexibility index (Phi) is 5.63. The number of nitrogens with zero attached hydrogens (tertiary/aromatic N) is 3. The first kappa shape index (κ1) is 15.4. The number of nitrogens with one attached hydrogen (secondary N) is 1. The summed E-state index contributed by atoms with van der Waals surface area (Å²) >= 11 is 0. The van der Waals surface area contributed by atoms with Gasteiger partial charge in [-0.05, 0) is 24.7 Å². The van der Waals surface area contributed by atoms with Crippen LogP contribution < -0.4 is 10.2 Å². The molecule has 2 heterocycles. The number of halogens is 1. The number of aromatic nitrogens is 2. The molecular formula is C16H21FN4. The molecule has 2 rings (SSSR count). The van der Waals surface area contributed by atoms with E-state index in [-0.39, 0.29) is 5.82 Å². The van der Waals surface area contributed by atoms with Crippen LogP contribution in [0.3, 0.4) is 0 Å². The highest BCUT2D eigenvalue weighted by Gasteiger charge is 2.10. The number of anilines is 1. The Labute approximate surface area is 125 Å². The van der Waals surface area contributed by atoms with Crippen molar-refractivity contribution in [1.29, 1.82) is 0 Å². The first-order valence-electron chi connectivity index (χ1n) is 7.17. The van der Waals surface area contributed by atoms with E-state index in [0.29, 0.717) is 6.54 Å². The van der Waals surface area contributed by atoms with Gasteiger partial charge in [-0.15, -0.1) is 0 Å². The van der Waals surface area contributed by atoms with Crippen molar-refractivity contribution in [3.8, 4) is 0 Å². The van der Waals surface area contributed by atoms with Crippen LogP contribution in [-0.4, -0.2) is 30.1 Å². The van der Waals surface area contributed by atoms with Crippen LogP contribution in [0.4, 0.5) is 10.2 Å². The molecule has 4 nitrogen and oxygen atoms in total. The molecule has 0 spiro atoms. The van der Waals surface area contributed by atoms with Gasteiger partial charge in [0.15, 0.2) is 0 Å². The minimum absolute atomic E-state index is 0.301. The zero-order chi connectivity index (χ0) is 15.1. The summed E-state index contributed by atoms with van der Waals surface area (Å²) < 4.78 is 13.4. The van der Waals surface area contributed by atoms with Crippen LogP contribution in [0.5, 0.6) is 0 Å². The average Bonchev–Trinajstić information content (AvgIpc) is 2.51. The van der Waals surface area contributed by atoms with Gasteiger partial charge in [-0.2, -0.15) is 0 Å². The predicted octanol–water partition coefficient (Wildman–Crippen LogP) is 2.40. The lowest BCUT2D eigenvalue weighted by molar-refractivity contribution is 0.613. The molecular weight excluding hydrogens is 267 g/mol. The van der Waals surface area contributed by atoms with Crippen molar-refractivity contribution in [2.45, 2.75) is 19.9 Å². The van der Waals surface area contributed by atoms with E-state index in [2.05, 4.69) is 15.3 Å². The first-order valence-corrected chi connectivity index (χ1v) is 7.17. The predicted molar refractivity (Wildman–Crippen MR) is 82.8 cm³/mol. The summed E-state index contributed by atoms with van der Waals surface area (Å²) in [7, 11) is 1.97. The second-order valence-electron chi connectivity index (χ2n) is 4.91. The van der Waals surface area contributed by atoms with Crippen molar-refractivity contribution < 1.29 is 4.39 Å². The molecule has 2 aromatic rings. The summed E-state index contributed by atoms with van der Waals surface area (Å²) in [5.41, 5.74) is 1.92. The molecule has 0 aliphatic carbocycles. The Hall–Kier alpha value is -2.01. The molecule has 0 unspecified atom stereocenters. The molecule has 0 aliphatic heterocycles. The fourth-order valence-electron chi connectivity index (χ4n) is 2.14. The van der Waals surface area contributed by atoms with Crippen LogP contribution in [0.25, 0.3) is 0 Å². The highest BCUT2D eigenvalue weighted by Crippen LogP contribution is 2.17. The van der Waals surface area contributed by atoms with E-state index < -0.39 is 0 Å². The van der Waals surface area contributed by atoms with Crippen molar-refractivity contribution in [3.05, 3.63) is 53.7 Å². The van der Waals surface area contributed by atoms with Crippen LogP contribution in [0.1, 0.15) is 18.2 Å². The lowest BCUT2D eigenvalue weighted by Gasteiger charge is -2.21. The maximum atomic E-state index is 13.4. The number of hydrogen-bond donors (Lipinski definition) is 1. The monoisotopic (exact) mass is 288 g/mol. The van der Waals surface area contributed by atoms with E-state index in [1.165, 1.54) is 6.20 Å². The summed E-state index contributed by atoms with van der Waals surface area (Å²) in [4.78, 5) is 10.6. The summed E-state index contributed by atoms with van der Waals surface area (Å²) in [5, 5.41) is 3.22. The van der Waals surface area contributed by atoms with E-state index in [4.69, 9.17) is 0 Å². The topological polar surface area (TPSA) is 41.1 Å². The average molecular weight is 288 g/mol. The molecule has 0 aromatic carbocycles.